The number of piperazine rings is 1. The summed E-state index contributed by atoms with van der Waals surface area (Å²) in [4.78, 5) is 2.01. The predicted octanol–water partition coefficient (Wildman–Crippen LogP) is 4.43. The number of aliphatic hydroxyl groups is 2. The fourth-order valence-electron chi connectivity index (χ4n) is 7.48. The highest BCUT2D eigenvalue weighted by Gasteiger charge is 2.51. The maximum Gasteiger partial charge on any atom is 0.405 e. The number of hydrogen-bond acceptors (Lipinski definition) is 4. The Morgan fingerprint density at radius 2 is 1.91 bits per heavy atom. The summed E-state index contributed by atoms with van der Waals surface area (Å²) in [6.07, 6.45) is 6.80. The maximum absolute atomic E-state index is 13.2. The van der Waals surface area contributed by atoms with Crippen molar-refractivity contribution in [3.8, 4) is 0 Å². The molecule has 0 aromatic heterocycles. The van der Waals surface area contributed by atoms with E-state index < -0.39 is 24.4 Å². The molecule has 0 bridgehead atoms. The van der Waals surface area contributed by atoms with E-state index in [2.05, 4.69) is 31.3 Å². The standard InChI is InChI=1S/C26H41F3N2O2/c1-17(15-31-11-10-30-24(16-31)26(27,28)29)22-7-8-23-19(4-3-9-25(22,23)2)6-5-18-12-20(32)14-21(33)13-18/h5-6,17,20-24,30,32-33H,3-4,7-16H2,1-2H3/b18-5?,19-6+/t17-,20-,21+,22-,23+,24?,25-/m1/s1. The van der Waals surface area contributed by atoms with Crippen molar-refractivity contribution in [2.45, 2.75) is 89.6 Å². The molecule has 1 aliphatic heterocycles. The van der Waals surface area contributed by atoms with Crippen LogP contribution in [0.3, 0.4) is 0 Å². The minimum absolute atomic E-state index is 0.0527. The molecule has 0 radical (unpaired) electrons. The molecule has 3 aliphatic carbocycles. The van der Waals surface area contributed by atoms with Crippen LogP contribution in [0.2, 0.25) is 0 Å². The van der Waals surface area contributed by atoms with Crippen LogP contribution in [0, 0.1) is 23.2 Å². The minimum Gasteiger partial charge on any atom is -0.393 e. The van der Waals surface area contributed by atoms with E-state index in [0.29, 0.717) is 50.1 Å². The lowest BCUT2D eigenvalue weighted by Crippen LogP contribution is -2.57. The van der Waals surface area contributed by atoms with Crippen molar-refractivity contribution in [2.24, 2.45) is 23.2 Å². The van der Waals surface area contributed by atoms with Gasteiger partial charge in [-0.3, -0.25) is 4.90 Å². The summed E-state index contributed by atoms with van der Waals surface area (Å²) in [6, 6.07) is -1.42. The van der Waals surface area contributed by atoms with Gasteiger partial charge in [0.2, 0.25) is 0 Å². The molecule has 1 heterocycles. The van der Waals surface area contributed by atoms with E-state index in [1.54, 1.807) is 0 Å². The Labute approximate surface area is 196 Å². The van der Waals surface area contributed by atoms with Crippen LogP contribution in [-0.2, 0) is 0 Å². The van der Waals surface area contributed by atoms with E-state index in [0.717, 1.165) is 37.8 Å². The smallest absolute Gasteiger partial charge is 0.393 e. The summed E-state index contributed by atoms with van der Waals surface area (Å²) in [5, 5.41) is 22.6. The van der Waals surface area contributed by atoms with Crippen molar-refractivity contribution >= 4 is 0 Å². The largest absolute Gasteiger partial charge is 0.405 e. The summed E-state index contributed by atoms with van der Waals surface area (Å²) < 4.78 is 39.6. The fraction of sp³-hybridized carbons (Fsp3) is 0.846. The number of allylic oxidation sites excluding steroid dienone is 3. The van der Waals surface area contributed by atoms with Crippen LogP contribution in [0.4, 0.5) is 13.2 Å². The van der Waals surface area contributed by atoms with Crippen LogP contribution >= 0.6 is 0 Å². The van der Waals surface area contributed by atoms with Crippen molar-refractivity contribution in [2.75, 3.05) is 26.2 Å². The first-order valence-corrected chi connectivity index (χ1v) is 12.8. The Kier molecular flexibility index (Phi) is 7.64. The molecule has 1 unspecified atom stereocenters. The second-order valence-corrected chi connectivity index (χ2v) is 11.4. The van der Waals surface area contributed by atoms with Crippen LogP contribution in [-0.4, -0.2) is 65.7 Å². The molecular weight excluding hydrogens is 429 g/mol. The lowest BCUT2D eigenvalue weighted by atomic mass is 9.61. The van der Waals surface area contributed by atoms with Crippen LogP contribution in [0.15, 0.2) is 23.3 Å². The Balaban J connectivity index is 1.42. The lowest BCUT2D eigenvalue weighted by Gasteiger charge is -2.45. The second-order valence-electron chi connectivity index (χ2n) is 11.4. The van der Waals surface area contributed by atoms with Gasteiger partial charge in [-0.25, -0.2) is 0 Å². The molecule has 4 fully saturated rings. The summed E-state index contributed by atoms with van der Waals surface area (Å²) >= 11 is 0. The minimum atomic E-state index is -4.19. The molecule has 0 spiro atoms. The zero-order valence-electron chi connectivity index (χ0n) is 20.1. The number of hydrogen-bond donors (Lipinski definition) is 3. The van der Waals surface area contributed by atoms with Gasteiger partial charge >= 0.3 is 6.18 Å². The molecule has 4 aliphatic rings. The molecule has 0 aromatic carbocycles. The Hall–Kier alpha value is -0.890. The average molecular weight is 471 g/mol. The van der Waals surface area contributed by atoms with Gasteiger partial charge in [0.1, 0.15) is 6.04 Å². The van der Waals surface area contributed by atoms with Gasteiger partial charge < -0.3 is 15.5 Å². The van der Waals surface area contributed by atoms with E-state index in [-0.39, 0.29) is 12.0 Å². The number of nitrogens with zero attached hydrogens (tertiary/aromatic N) is 1. The van der Waals surface area contributed by atoms with Crippen molar-refractivity contribution in [3.63, 3.8) is 0 Å². The van der Waals surface area contributed by atoms with Crippen molar-refractivity contribution in [1.82, 2.24) is 10.2 Å². The average Bonchev–Trinajstić information content (AvgIpc) is 3.09. The fourth-order valence-corrected chi connectivity index (χ4v) is 7.48. The number of rotatable bonds is 4. The van der Waals surface area contributed by atoms with Gasteiger partial charge in [0.05, 0.1) is 12.2 Å². The molecule has 3 N–H and O–H groups in total. The summed E-state index contributed by atoms with van der Waals surface area (Å²) in [7, 11) is 0. The van der Waals surface area contributed by atoms with E-state index in [9.17, 15) is 23.4 Å². The molecule has 33 heavy (non-hydrogen) atoms. The molecule has 7 heteroatoms. The number of fused-ring (bicyclic) bond motifs is 1. The summed E-state index contributed by atoms with van der Waals surface area (Å²) in [5.41, 5.74) is 2.81. The first-order valence-electron chi connectivity index (χ1n) is 12.8. The van der Waals surface area contributed by atoms with Crippen LogP contribution in [0.5, 0.6) is 0 Å². The molecule has 7 atom stereocenters. The molecule has 188 valence electrons. The normalized spacial score (nSPS) is 42.0. The monoisotopic (exact) mass is 470 g/mol. The summed E-state index contributed by atoms with van der Waals surface area (Å²) in [5.74, 6) is 1.42. The van der Waals surface area contributed by atoms with Gasteiger partial charge in [0.15, 0.2) is 0 Å². The lowest BCUT2D eigenvalue weighted by molar-refractivity contribution is -0.165. The van der Waals surface area contributed by atoms with Gasteiger partial charge in [0, 0.05) is 26.2 Å². The SMILES string of the molecule is C[C@H](CN1CCNC(C(F)(F)F)C1)[C@H]1CC[C@H]2/C(=C/C=C3C[C@@H](O)C[C@@H](O)C3)CCC[C@]12C. The van der Waals surface area contributed by atoms with E-state index in [1.807, 2.05) is 4.90 Å². The topological polar surface area (TPSA) is 55.7 Å². The number of aliphatic hydroxyl groups excluding tert-OH is 2. The van der Waals surface area contributed by atoms with Gasteiger partial charge in [-0.05, 0) is 74.5 Å². The maximum atomic E-state index is 13.2. The number of halogens is 3. The van der Waals surface area contributed by atoms with E-state index >= 15 is 0 Å². The van der Waals surface area contributed by atoms with E-state index in [1.165, 1.54) is 12.0 Å². The second kappa shape index (κ2) is 10.00. The molecule has 3 saturated carbocycles. The number of alkyl halides is 3. The van der Waals surface area contributed by atoms with E-state index in [4.69, 9.17) is 0 Å². The molecule has 0 aromatic rings. The zero-order chi connectivity index (χ0) is 23.8. The predicted molar refractivity (Wildman–Crippen MR) is 124 cm³/mol. The Morgan fingerprint density at radius 3 is 2.61 bits per heavy atom. The van der Waals surface area contributed by atoms with Gasteiger partial charge in [0.25, 0.3) is 0 Å². The van der Waals surface area contributed by atoms with Crippen LogP contribution in [0.1, 0.15) is 65.2 Å². The van der Waals surface area contributed by atoms with Crippen LogP contribution in [0.25, 0.3) is 0 Å². The first kappa shape index (κ1) is 25.2. The quantitative estimate of drug-likeness (QED) is 0.569. The molecule has 1 saturated heterocycles. The third kappa shape index (κ3) is 5.68. The Morgan fingerprint density at radius 1 is 1.18 bits per heavy atom. The highest BCUT2D eigenvalue weighted by molar-refractivity contribution is 5.26. The van der Waals surface area contributed by atoms with Gasteiger partial charge in [-0.2, -0.15) is 13.2 Å². The van der Waals surface area contributed by atoms with Crippen molar-refractivity contribution < 1.29 is 23.4 Å². The van der Waals surface area contributed by atoms with Gasteiger partial charge in [-0.1, -0.05) is 37.1 Å². The third-order valence-corrected chi connectivity index (χ3v) is 9.00. The van der Waals surface area contributed by atoms with Crippen molar-refractivity contribution in [1.29, 1.82) is 0 Å². The molecule has 0 amide bonds. The molecular formula is C26H41F3N2O2. The zero-order valence-corrected chi connectivity index (χ0v) is 20.1. The van der Waals surface area contributed by atoms with Gasteiger partial charge in [-0.15, -0.1) is 0 Å². The highest BCUT2D eigenvalue weighted by atomic mass is 19.4. The first-order chi connectivity index (χ1) is 15.6. The molecule has 4 nitrogen and oxygen atoms in total. The Bertz CT molecular complexity index is 740. The third-order valence-electron chi connectivity index (χ3n) is 9.00. The van der Waals surface area contributed by atoms with Crippen LogP contribution < -0.4 is 5.32 Å². The molecule has 4 rings (SSSR count). The summed E-state index contributed by atoms with van der Waals surface area (Å²) in [6.45, 7) is 6.52. The number of nitrogens with one attached hydrogen (secondary N) is 1. The van der Waals surface area contributed by atoms with Crippen molar-refractivity contribution in [3.05, 3.63) is 23.3 Å². The highest BCUT2D eigenvalue weighted by Crippen LogP contribution is 2.59.